The first-order valence-electron chi connectivity index (χ1n) is 12.1. The van der Waals surface area contributed by atoms with Crippen LogP contribution < -0.4 is 4.74 Å². The van der Waals surface area contributed by atoms with Gasteiger partial charge in [-0.3, -0.25) is 9.89 Å². The zero-order valence-corrected chi connectivity index (χ0v) is 21.5. The van der Waals surface area contributed by atoms with Gasteiger partial charge >= 0.3 is 0 Å². The van der Waals surface area contributed by atoms with Crippen LogP contribution in [0, 0.1) is 12.7 Å². The van der Waals surface area contributed by atoms with E-state index in [2.05, 4.69) is 20.3 Å². The largest absolute Gasteiger partial charge is 0.507 e. The number of amides is 1. The molecule has 2 N–H and O–H groups in total. The lowest BCUT2D eigenvalue weighted by atomic mass is 10.1. The van der Waals surface area contributed by atoms with Crippen molar-refractivity contribution in [2.24, 2.45) is 0 Å². The number of phenols is 1. The number of carbonyl (C=O) groups is 1. The Hall–Kier alpha value is -4.32. The van der Waals surface area contributed by atoms with Crippen LogP contribution in [-0.4, -0.2) is 64.9 Å². The Kier molecular flexibility index (Phi) is 6.03. The van der Waals surface area contributed by atoms with Gasteiger partial charge in [-0.15, -0.1) is 11.3 Å². The number of rotatable bonds is 5. The minimum absolute atomic E-state index is 0.00328. The first-order chi connectivity index (χ1) is 18.4. The molecule has 0 saturated carbocycles. The first kappa shape index (κ1) is 24.0. The Balaban J connectivity index is 1.41. The van der Waals surface area contributed by atoms with Crippen molar-refractivity contribution in [1.29, 1.82) is 0 Å². The van der Waals surface area contributed by atoms with E-state index in [1.165, 1.54) is 35.9 Å². The fourth-order valence-electron chi connectivity index (χ4n) is 4.78. The second-order valence-electron chi connectivity index (χ2n) is 9.14. The van der Waals surface area contributed by atoms with Crippen LogP contribution in [0.1, 0.15) is 25.5 Å². The van der Waals surface area contributed by atoms with Gasteiger partial charge in [0, 0.05) is 45.1 Å². The van der Waals surface area contributed by atoms with Gasteiger partial charge in [-0.25, -0.2) is 18.9 Å². The summed E-state index contributed by atoms with van der Waals surface area (Å²) in [5, 5.41) is 22.5. The van der Waals surface area contributed by atoms with Crippen LogP contribution in [0.5, 0.6) is 11.5 Å². The number of hydrogen-bond acceptors (Lipinski definition) is 8. The average molecular weight is 534 g/mol. The number of piperidine rings is 1. The molecule has 0 radical (unpaired) electrons. The number of halogens is 1. The van der Waals surface area contributed by atoms with Crippen molar-refractivity contribution < 1.29 is 19.0 Å². The van der Waals surface area contributed by atoms with Crippen molar-refractivity contribution in [3.05, 3.63) is 54.4 Å². The van der Waals surface area contributed by atoms with E-state index in [9.17, 15) is 14.3 Å². The summed E-state index contributed by atoms with van der Waals surface area (Å²) in [7, 11) is 0. The highest BCUT2D eigenvalue weighted by atomic mass is 32.1. The smallest absolute Gasteiger partial charge is 0.219 e. The topological polar surface area (TPSA) is 122 Å². The van der Waals surface area contributed by atoms with Gasteiger partial charge in [-0.05, 0) is 25.1 Å². The summed E-state index contributed by atoms with van der Waals surface area (Å²) < 4.78 is 22.9. The molecule has 1 saturated heterocycles. The second-order valence-corrected chi connectivity index (χ2v) is 10.1. The Morgan fingerprint density at radius 1 is 1.24 bits per heavy atom. The number of thiazole rings is 1. The van der Waals surface area contributed by atoms with Crippen molar-refractivity contribution in [2.45, 2.75) is 32.8 Å². The number of H-pyrrole nitrogens is 1. The van der Waals surface area contributed by atoms with E-state index in [-0.39, 0.29) is 29.0 Å². The summed E-state index contributed by atoms with van der Waals surface area (Å²) >= 11 is 1.31. The van der Waals surface area contributed by atoms with Crippen LogP contribution in [0.2, 0.25) is 0 Å². The summed E-state index contributed by atoms with van der Waals surface area (Å²) in [6, 6.07) is 7.93. The Labute approximate surface area is 220 Å². The molecule has 1 aromatic carbocycles. The van der Waals surface area contributed by atoms with E-state index in [0.29, 0.717) is 34.5 Å². The number of hydrogen-bond donors (Lipinski definition) is 2. The monoisotopic (exact) mass is 533 g/mol. The SMILES string of the molecule is CC(=O)N1CCC(Oc2ccn3nc(C)c(-c4nc(-c5c(O)cccc5F)c(-c5ncn[nH]5)s4)c3c2)CC1. The number of carbonyl (C=O) groups excluding carboxylic acids is 1. The summed E-state index contributed by atoms with van der Waals surface area (Å²) in [5.41, 5.74) is 2.55. The lowest BCUT2D eigenvalue weighted by molar-refractivity contribution is -0.130. The number of fused-ring (bicyclic) bond motifs is 1. The van der Waals surface area contributed by atoms with Crippen molar-refractivity contribution >= 4 is 22.8 Å². The molecule has 0 atom stereocenters. The Bertz CT molecular complexity index is 1620. The Morgan fingerprint density at radius 3 is 2.76 bits per heavy atom. The molecule has 1 aliphatic heterocycles. The van der Waals surface area contributed by atoms with Crippen LogP contribution in [0.15, 0.2) is 42.9 Å². The normalized spacial score (nSPS) is 14.3. The molecule has 38 heavy (non-hydrogen) atoms. The molecule has 0 bridgehead atoms. The van der Waals surface area contributed by atoms with Crippen molar-refractivity contribution in [3.8, 4) is 44.0 Å². The zero-order valence-electron chi connectivity index (χ0n) is 20.7. The molecule has 12 heteroatoms. The number of phenolic OH excluding ortho intramolecular Hbond substituents is 1. The maximum absolute atomic E-state index is 14.9. The van der Waals surface area contributed by atoms with Gasteiger partial charge < -0.3 is 14.7 Å². The van der Waals surface area contributed by atoms with E-state index in [1.807, 2.05) is 30.2 Å². The predicted molar refractivity (Wildman–Crippen MR) is 139 cm³/mol. The predicted octanol–water partition coefficient (Wildman–Crippen LogP) is 4.45. The van der Waals surface area contributed by atoms with Crippen LogP contribution in [-0.2, 0) is 4.79 Å². The van der Waals surface area contributed by atoms with Crippen molar-refractivity contribution in [1.82, 2.24) is 34.7 Å². The quantitative estimate of drug-likeness (QED) is 0.342. The van der Waals surface area contributed by atoms with Crippen molar-refractivity contribution in [3.63, 3.8) is 0 Å². The molecule has 0 spiro atoms. The minimum atomic E-state index is -0.592. The summed E-state index contributed by atoms with van der Waals surface area (Å²) in [6.07, 6.45) is 4.73. The van der Waals surface area contributed by atoms with E-state index in [0.717, 1.165) is 29.6 Å². The zero-order chi connectivity index (χ0) is 26.4. The number of likely N-dealkylation sites (tertiary alicyclic amines) is 1. The van der Waals surface area contributed by atoms with Crippen molar-refractivity contribution in [2.75, 3.05) is 13.1 Å². The maximum Gasteiger partial charge on any atom is 0.219 e. The third-order valence-corrected chi connectivity index (χ3v) is 7.75. The van der Waals surface area contributed by atoms with Gasteiger partial charge in [-0.1, -0.05) is 6.07 Å². The van der Waals surface area contributed by atoms with Gasteiger partial charge in [0.1, 0.15) is 34.8 Å². The van der Waals surface area contributed by atoms with Gasteiger partial charge in [0.05, 0.1) is 32.9 Å². The van der Waals surface area contributed by atoms with Crippen LogP contribution >= 0.6 is 11.3 Å². The number of aromatic amines is 1. The highest BCUT2D eigenvalue weighted by Gasteiger charge is 2.26. The number of nitrogens with zero attached hydrogens (tertiary/aromatic N) is 6. The van der Waals surface area contributed by atoms with Gasteiger partial charge in [0.25, 0.3) is 0 Å². The van der Waals surface area contributed by atoms with Crippen LogP contribution in [0.25, 0.3) is 38.0 Å². The molecule has 6 rings (SSSR count). The van der Waals surface area contributed by atoms with E-state index in [4.69, 9.17) is 9.72 Å². The lowest BCUT2D eigenvalue weighted by Gasteiger charge is -2.31. The van der Waals surface area contributed by atoms with Crippen LogP contribution in [0.4, 0.5) is 4.39 Å². The molecule has 1 fully saturated rings. The molecule has 10 nitrogen and oxygen atoms in total. The third kappa shape index (κ3) is 4.26. The molecule has 1 amide bonds. The summed E-state index contributed by atoms with van der Waals surface area (Å²) in [4.78, 5) is 23.0. The molecular weight excluding hydrogens is 509 g/mol. The standard InChI is InChI=1S/C26H24FN7O3S/c1-14-21(19-12-17(8-11-34(19)32-14)37-16-6-9-33(10-7-16)15(2)35)26-30-23(22-18(27)4-3-5-20(22)36)24(38-26)25-28-13-29-31-25/h3-5,8,11-13,16,36H,6-7,9-10H2,1-2H3,(H,28,29,31). The minimum Gasteiger partial charge on any atom is -0.507 e. The summed E-state index contributed by atoms with van der Waals surface area (Å²) in [6.45, 7) is 4.82. The first-order valence-corrected chi connectivity index (χ1v) is 13.0. The van der Waals surface area contributed by atoms with E-state index >= 15 is 0 Å². The number of aromatic nitrogens is 6. The fourth-order valence-corrected chi connectivity index (χ4v) is 5.91. The number of pyridine rings is 1. The number of aryl methyl sites for hydroxylation is 1. The van der Waals surface area contributed by atoms with Gasteiger partial charge in [0.15, 0.2) is 5.82 Å². The molecule has 4 aromatic heterocycles. The fraction of sp³-hybridized carbons (Fsp3) is 0.269. The highest BCUT2D eigenvalue weighted by Crippen LogP contribution is 2.44. The average Bonchev–Trinajstić information content (AvgIpc) is 3.63. The molecule has 0 unspecified atom stereocenters. The second kappa shape index (κ2) is 9.53. The molecule has 5 aromatic rings. The number of ether oxygens (including phenoxy) is 1. The third-order valence-electron chi connectivity index (χ3n) is 6.67. The Morgan fingerprint density at radius 2 is 2.05 bits per heavy atom. The molecule has 194 valence electrons. The number of benzene rings is 1. The summed E-state index contributed by atoms with van der Waals surface area (Å²) in [5.74, 6) is 0.386. The van der Waals surface area contributed by atoms with Gasteiger partial charge in [-0.2, -0.15) is 10.2 Å². The maximum atomic E-state index is 14.9. The number of nitrogens with one attached hydrogen (secondary N) is 1. The number of aromatic hydroxyl groups is 1. The van der Waals surface area contributed by atoms with Gasteiger partial charge in [0.2, 0.25) is 5.91 Å². The van der Waals surface area contributed by atoms with E-state index < -0.39 is 5.82 Å². The molecule has 5 heterocycles. The van der Waals surface area contributed by atoms with Crippen LogP contribution in [0.3, 0.4) is 0 Å². The lowest BCUT2D eigenvalue weighted by Crippen LogP contribution is -2.40. The molecule has 1 aliphatic rings. The molecular formula is C26H24FN7O3S. The molecule has 0 aliphatic carbocycles. The highest BCUT2D eigenvalue weighted by molar-refractivity contribution is 7.19. The van der Waals surface area contributed by atoms with E-state index in [1.54, 1.807) is 11.4 Å².